The molecule has 3 aromatic rings. The molecule has 8 nitrogen and oxygen atoms in total. The van der Waals surface area contributed by atoms with Gasteiger partial charge >= 0.3 is 11.6 Å². The molecule has 6 rings (SSSR count). The quantitative estimate of drug-likeness (QED) is 0.228. The fourth-order valence-corrected chi connectivity index (χ4v) is 6.60. The maximum Gasteiger partial charge on any atom is 0.339 e. The lowest BCUT2D eigenvalue weighted by molar-refractivity contribution is -0.184. The van der Waals surface area contributed by atoms with Gasteiger partial charge in [-0.05, 0) is 74.1 Å². The number of fused-ring (bicyclic) bond motifs is 3. The Morgan fingerprint density at radius 2 is 2.02 bits per heavy atom. The first-order valence-electron chi connectivity index (χ1n) is 14.4. The van der Waals surface area contributed by atoms with Crippen LogP contribution in [0.4, 0.5) is 0 Å². The number of dihydropyridines is 1. The van der Waals surface area contributed by atoms with Crippen LogP contribution in [0.25, 0.3) is 11.0 Å². The molecule has 0 radical (unpaired) electrons. The molecule has 1 aliphatic carbocycles. The first-order chi connectivity index (χ1) is 20.2. The number of esters is 1. The van der Waals surface area contributed by atoms with E-state index in [9.17, 15) is 14.7 Å². The Morgan fingerprint density at radius 1 is 1.21 bits per heavy atom. The van der Waals surface area contributed by atoms with Gasteiger partial charge in [0.15, 0.2) is 11.2 Å². The fraction of sp³-hybridized carbons (Fsp3) is 0.353. The van der Waals surface area contributed by atoms with Crippen LogP contribution in [0.15, 0.2) is 87.3 Å². The first-order valence-corrected chi connectivity index (χ1v) is 14.4. The summed E-state index contributed by atoms with van der Waals surface area (Å²) in [7, 11) is 0. The van der Waals surface area contributed by atoms with Gasteiger partial charge in [-0.25, -0.2) is 9.59 Å². The van der Waals surface area contributed by atoms with Gasteiger partial charge in [-0.1, -0.05) is 36.4 Å². The zero-order valence-electron chi connectivity index (χ0n) is 24.1. The summed E-state index contributed by atoms with van der Waals surface area (Å²) < 4.78 is 19.2. The van der Waals surface area contributed by atoms with Crippen molar-refractivity contribution in [3.63, 3.8) is 0 Å². The molecule has 2 aliphatic heterocycles. The van der Waals surface area contributed by atoms with Crippen LogP contribution < -0.4 is 21.4 Å². The van der Waals surface area contributed by atoms with Crippen LogP contribution in [0.2, 0.25) is 0 Å². The molecule has 0 saturated carbocycles. The van der Waals surface area contributed by atoms with Crippen LogP contribution in [0.3, 0.4) is 0 Å². The van der Waals surface area contributed by atoms with Crippen LogP contribution in [-0.4, -0.2) is 35.1 Å². The largest absolute Gasteiger partial charge is 0.481 e. The van der Waals surface area contributed by atoms with E-state index in [-0.39, 0.29) is 18.7 Å². The standard InChI is InChI=1S/C34H36N2O6/c1-4-20(2)31(38)42-33(3)17-22-8-5-6-10-26(22)30(23-11-12-29(35)36-19-23)34(33)18-25-15-24-14-21(9-7-13-37)32(39)40-27(24)16-28(25)41-34/h4-6,8,10-12,14-16,19,29-30,36-37H,7,9,13,17-18,35H2,1-3H3. The van der Waals surface area contributed by atoms with Gasteiger partial charge in [0.2, 0.25) is 0 Å². The first kappa shape index (κ1) is 28.0. The number of hydrogen-bond acceptors (Lipinski definition) is 8. The number of carbonyl (C=O) groups is 1. The Hall–Kier alpha value is -4.14. The predicted molar refractivity (Wildman–Crippen MR) is 160 cm³/mol. The minimum absolute atomic E-state index is 0.00502. The van der Waals surface area contributed by atoms with Crippen LogP contribution in [0.5, 0.6) is 5.75 Å². The van der Waals surface area contributed by atoms with Crippen molar-refractivity contribution in [2.45, 2.75) is 69.7 Å². The number of nitrogens with two attached hydrogens (primary N) is 1. The Bertz CT molecular complexity index is 1720. The maximum atomic E-state index is 13.4. The molecule has 2 aromatic carbocycles. The summed E-state index contributed by atoms with van der Waals surface area (Å²) in [6.07, 6.45) is 9.12. The summed E-state index contributed by atoms with van der Waals surface area (Å²) in [5, 5.41) is 13.3. The van der Waals surface area contributed by atoms with E-state index in [2.05, 4.69) is 17.4 Å². The molecule has 4 atom stereocenters. The number of aryl methyl sites for hydroxylation is 1. The third-order valence-corrected chi connectivity index (χ3v) is 8.94. The number of allylic oxidation sites excluding steroid dienone is 2. The van der Waals surface area contributed by atoms with Gasteiger partial charge in [-0.2, -0.15) is 0 Å². The van der Waals surface area contributed by atoms with Gasteiger partial charge in [-0.3, -0.25) is 0 Å². The van der Waals surface area contributed by atoms with Gasteiger partial charge in [0.25, 0.3) is 0 Å². The highest BCUT2D eigenvalue weighted by molar-refractivity contribution is 5.88. The van der Waals surface area contributed by atoms with Crippen LogP contribution in [0.1, 0.15) is 55.4 Å². The summed E-state index contributed by atoms with van der Waals surface area (Å²) in [6.45, 7) is 5.52. The van der Waals surface area contributed by atoms with Gasteiger partial charge in [-0.15, -0.1) is 0 Å². The topological polar surface area (TPSA) is 124 Å². The average Bonchev–Trinajstić information content (AvgIpc) is 3.35. The van der Waals surface area contributed by atoms with E-state index < -0.39 is 22.8 Å². The molecule has 0 saturated heterocycles. The molecule has 4 unspecified atom stereocenters. The third kappa shape index (κ3) is 4.55. The van der Waals surface area contributed by atoms with Gasteiger partial charge in [0.05, 0.1) is 12.1 Å². The van der Waals surface area contributed by atoms with Crippen LogP contribution in [-0.2, 0) is 28.8 Å². The van der Waals surface area contributed by atoms with Crippen molar-refractivity contribution in [2.75, 3.05) is 6.61 Å². The SMILES string of the molecule is CC=C(C)C(=O)OC1(C)Cc2ccccc2C(C2=CNC(N)C=C2)C12Cc1cc3cc(CCCO)c(=O)oc3cc1O2. The minimum atomic E-state index is -1.07. The number of hydrogen-bond donors (Lipinski definition) is 3. The molecule has 3 aliphatic rings. The third-order valence-electron chi connectivity index (χ3n) is 8.94. The lowest BCUT2D eigenvalue weighted by atomic mass is 9.59. The molecule has 0 bridgehead atoms. The zero-order chi connectivity index (χ0) is 29.6. The number of aliphatic hydroxyl groups is 1. The summed E-state index contributed by atoms with van der Waals surface area (Å²) in [5.74, 6) is -0.117. The predicted octanol–water partition coefficient (Wildman–Crippen LogP) is 4.33. The second-order valence-electron chi connectivity index (χ2n) is 11.6. The molecule has 42 heavy (non-hydrogen) atoms. The Morgan fingerprint density at radius 3 is 2.76 bits per heavy atom. The molecule has 8 heteroatoms. The van der Waals surface area contributed by atoms with E-state index >= 15 is 0 Å². The molecule has 1 spiro atoms. The summed E-state index contributed by atoms with van der Waals surface area (Å²) >= 11 is 0. The van der Waals surface area contributed by atoms with Crippen molar-refractivity contribution < 1.29 is 23.8 Å². The lowest BCUT2D eigenvalue weighted by Gasteiger charge is -2.53. The van der Waals surface area contributed by atoms with E-state index in [4.69, 9.17) is 19.6 Å². The Balaban J connectivity index is 1.54. The highest BCUT2D eigenvalue weighted by atomic mass is 16.6. The highest BCUT2D eigenvalue weighted by Crippen LogP contribution is 2.58. The van der Waals surface area contributed by atoms with Crippen molar-refractivity contribution in [2.24, 2.45) is 5.73 Å². The van der Waals surface area contributed by atoms with Gasteiger partial charge in [0.1, 0.15) is 11.3 Å². The van der Waals surface area contributed by atoms with E-state index in [1.165, 1.54) is 0 Å². The van der Waals surface area contributed by atoms with Crippen LogP contribution >= 0.6 is 0 Å². The number of ether oxygens (including phenoxy) is 2. The number of carbonyl (C=O) groups excluding carboxylic acids is 1. The van der Waals surface area contributed by atoms with Crippen molar-refractivity contribution in [3.8, 4) is 5.75 Å². The van der Waals surface area contributed by atoms with E-state index in [0.717, 1.165) is 27.6 Å². The molecule has 218 valence electrons. The second kappa shape index (κ2) is 10.6. The van der Waals surface area contributed by atoms with E-state index in [1.54, 1.807) is 19.1 Å². The average molecular weight is 569 g/mol. The maximum absolute atomic E-state index is 13.4. The van der Waals surface area contributed by atoms with Crippen molar-refractivity contribution in [1.82, 2.24) is 5.32 Å². The number of rotatable bonds is 6. The Kier molecular flexibility index (Phi) is 7.07. The lowest BCUT2D eigenvalue weighted by Crippen LogP contribution is -2.65. The van der Waals surface area contributed by atoms with Crippen molar-refractivity contribution in [3.05, 3.63) is 111 Å². The van der Waals surface area contributed by atoms with Crippen molar-refractivity contribution in [1.29, 1.82) is 0 Å². The van der Waals surface area contributed by atoms with Crippen LogP contribution in [0, 0.1) is 0 Å². The second-order valence-corrected chi connectivity index (χ2v) is 11.6. The highest BCUT2D eigenvalue weighted by Gasteiger charge is 2.64. The van der Waals surface area contributed by atoms with Crippen molar-refractivity contribution >= 4 is 16.9 Å². The minimum Gasteiger partial charge on any atom is -0.481 e. The monoisotopic (exact) mass is 568 g/mol. The molecule has 4 N–H and O–H groups in total. The number of benzene rings is 2. The molecule has 1 aromatic heterocycles. The van der Waals surface area contributed by atoms with E-state index in [0.29, 0.717) is 48.2 Å². The number of nitrogens with one attached hydrogen (secondary N) is 1. The summed E-state index contributed by atoms with van der Waals surface area (Å²) in [6, 6.07) is 13.8. The van der Waals surface area contributed by atoms with Gasteiger partial charge in [0, 0.05) is 48.2 Å². The van der Waals surface area contributed by atoms with E-state index in [1.807, 2.05) is 56.5 Å². The molecular formula is C34H36N2O6. The smallest absolute Gasteiger partial charge is 0.339 e. The van der Waals surface area contributed by atoms with Gasteiger partial charge < -0.3 is 30.0 Å². The summed E-state index contributed by atoms with van der Waals surface area (Å²) in [5.41, 5.74) is 9.13. The number of aliphatic hydroxyl groups excluding tert-OH is 1. The summed E-state index contributed by atoms with van der Waals surface area (Å²) in [4.78, 5) is 26.1. The fourth-order valence-electron chi connectivity index (χ4n) is 6.60. The molecule has 0 fully saturated rings. The molecule has 3 heterocycles. The Labute approximate surface area is 244 Å². The molecule has 0 amide bonds. The normalized spacial score (nSPS) is 26.3. The zero-order valence-corrected chi connectivity index (χ0v) is 24.1. The molecular weight excluding hydrogens is 532 g/mol.